The first-order valence-electron chi connectivity index (χ1n) is 8.69. The molecule has 0 unspecified atom stereocenters. The molecule has 3 rings (SSSR count). The second-order valence-electron chi connectivity index (χ2n) is 6.41. The predicted octanol–water partition coefficient (Wildman–Crippen LogP) is 4.45. The van der Waals surface area contributed by atoms with Crippen molar-refractivity contribution in [1.82, 2.24) is 14.8 Å². The lowest BCUT2D eigenvalue weighted by Gasteiger charge is -2.08. The number of rotatable bonds is 5. The first kappa shape index (κ1) is 20.4. The molecule has 152 valence electrons. The second-order valence-corrected chi connectivity index (χ2v) is 6.41. The number of benzene rings is 2. The first-order valence-corrected chi connectivity index (χ1v) is 8.69. The summed E-state index contributed by atoms with van der Waals surface area (Å²) in [5, 5.41) is 4.10. The highest BCUT2D eigenvalue weighted by Gasteiger charge is 2.30. The Morgan fingerprint density at radius 3 is 2.38 bits per heavy atom. The minimum Gasteiger partial charge on any atom is -0.497 e. The summed E-state index contributed by atoms with van der Waals surface area (Å²) >= 11 is 0. The normalized spacial score (nSPS) is 11.6. The van der Waals surface area contributed by atoms with E-state index in [9.17, 15) is 18.0 Å². The molecule has 0 fully saturated rings. The van der Waals surface area contributed by atoms with Gasteiger partial charge in [0.25, 0.3) is 5.91 Å². The van der Waals surface area contributed by atoms with E-state index in [1.165, 1.54) is 7.11 Å². The van der Waals surface area contributed by atoms with Crippen molar-refractivity contribution < 1.29 is 27.4 Å². The summed E-state index contributed by atoms with van der Waals surface area (Å²) in [7, 11) is 1.50. The Labute approximate surface area is 164 Å². The monoisotopic (exact) mass is 405 g/mol. The van der Waals surface area contributed by atoms with Gasteiger partial charge in [0.15, 0.2) is 5.82 Å². The molecule has 6 nitrogen and oxygen atoms in total. The molecule has 0 saturated carbocycles. The number of ether oxygens (including phenoxy) is 2. The van der Waals surface area contributed by atoms with Gasteiger partial charge >= 0.3 is 12.2 Å². The van der Waals surface area contributed by atoms with Crippen LogP contribution in [0.15, 0.2) is 48.5 Å². The van der Waals surface area contributed by atoms with Gasteiger partial charge in [0, 0.05) is 11.1 Å². The molecule has 3 aromatic rings. The van der Waals surface area contributed by atoms with Gasteiger partial charge in [-0.3, -0.25) is 4.79 Å². The molecular weight excluding hydrogens is 387 g/mol. The average molecular weight is 405 g/mol. The van der Waals surface area contributed by atoms with Gasteiger partial charge in [-0.1, -0.05) is 12.1 Å². The van der Waals surface area contributed by atoms with Crippen LogP contribution >= 0.6 is 0 Å². The van der Waals surface area contributed by atoms with Crippen LogP contribution in [0.5, 0.6) is 11.8 Å². The Kier molecular flexibility index (Phi) is 5.58. The van der Waals surface area contributed by atoms with Gasteiger partial charge in [-0.15, -0.1) is 5.10 Å². The molecule has 0 spiro atoms. The molecule has 0 atom stereocenters. The number of nitrogens with zero attached hydrogens (tertiary/aromatic N) is 3. The highest BCUT2D eigenvalue weighted by molar-refractivity contribution is 5.97. The lowest BCUT2D eigenvalue weighted by atomic mass is 10.1. The van der Waals surface area contributed by atoms with Gasteiger partial charge in [0.1, 0.15) is 5.75 Å². The zero-order valence-electron chi connectivity index (χ0n) is 15.9. The zero-order chi connectivity index (χ0) is 21.2. The van der Waals surface area contributed by atoms with Gasteiger partial charge in [-0.05, 0) is 50.2 Å². The van der Waals surface area contributed by atoms with E-state index in [4.69, 9.17) is 9.47 Å². The van der Waals surface area contributed by atoms with Crippen molar-refractivity contribution in [2.45, 2.75) is 26.1 Å². The van der Waals surface area contributed by atoms with E-state index >= 15 is 0 Å². The fraction of sp³-hybridized carbons (Fsp3) is 0.250. The highest BCUT2D eigenvalue weighted by Crippen LogP contribution is 2.30. The summed E-state index contributed by atoms with van der Waals surface area (Å²) < 4.78 is 50.0. The third kappa shape index (κ3) is 4.56. The van der Waals surface area contributed by atoms with Gasteiger partial charge in [-0.2, -0.15) is 22.8 Å². The van der Waals surface area contributed by atoms with Crippen molar-refractivity contribution in [2.75, 3.05) is 7.11 Å². The summed E-state index contributed by atoms with van der Waals surface area (Å²) in [5.74, 6) is 0.0949. The molecule has 9 heteroatoms. The van der Waals surface area contributed by atoms with E-state index in [0.717, 1.165) is 28.9 Å². The van der Waals surface area contributed by atoms with Gasteiger partial charge < -0.3 is 9.47 Å². The number of carbonyl (C=O) groups is 1. The van der Waals surface area contributed by atoms with E-state index in [0.29, 0.717) is 11.3 Å². The number of carbonyl (C=O) groups excluding carboxylic acids is 1. The average Bonchev–Trinajstić information content (AvgIpc) is 3.10. The van der Waals surface area contributed by atoms with Crippen molar-refractivity contribution in [3.8, 4) is 23.1 Å². The molecule has 2 aromatic carbocycles. The smallest absolute Gasteiger partial charge is 0.416 e. The Bertz CT molecular complexity index is 1010. The summed E-state index contributed by atoms with van der Waals surface area (Å²) in [4.78, 5) is 17.2. The number of hydrogen-bond acceptors (Lipinski definition) is 5. The van der Waals surface area contributed by atoms with Gasteiger partial charge in [-0.25, -0.2) is 0 Å². The molecule has 0 aliphatic heterocycles. The summed E-state index contributed by atoms with van der Waals surface area (Å²) in [5.41, 5.74) is -0.275. The number of aromatic nitrogens is 3. The third-order valence-electron chi connectivity index (χ3n) is 3.91. The number of alkyl halides is 3. The van der Waals surface area contributed by atoms with Crippen LogP contribution < -0.4 is 9.47 Å². The first-order chi connectivity index (χ1) is 13.7. The predicted molar refractivity (Wildman–Crippen MR) is 98.9 cm³/mol. The minimum absolute atomic E-state index is 0.0157. The topological polar surface area (TPSA) is 66.2 Å². The van der Waals surface area contributed by atoms with Crippen molar-refractivity contribution in [2.24, 2.45) is 0 Å². The molecule has 29 heavy (non-hydrogen) atoms. The zero-order valence-corrected chi connectivity index (χ0v) is 15.9. The molecule has 0 saturated heterocycles. The molecule has 0 aliphatic rings. The van der Waals surface area contributed by atoms with Crippen LogP contribution in [0, 0.1) is 0 Å². The lowest BCUT2D eigenvalue weighted by molar-refractivity contribution is -0.137. The molecule has 0 bridgehead atoms. The van der Waals surface area contributed by atoms with Crippen LogP contribution in [-0.2, 0) is 6.18 Å². The van der Waals surface area contributed by atoms with Crippen LogP contribution in [0.2, 0.25) is 0 Å². The fourth-order valence-corrected chi connectivity index (χ4v) is 2.57. The minimum atomic E-state index is -4.49. The molecule has 1 heterocycles. The van der Waals surface area contributed by atoms with Crippen LogP contribution in [0.25, 0.3) is 11.4 Å². The largest absolute Gasteiger partial charge is 0.497 e. The Morgan fingerprint density at radius 2 is 1.79 bits per heavy atom. The van der Waals surface area contributed by atoms with Crippen LogP contribution in [0.1, 0.15) is 29.8 Å². The van der Waals surface area contributed by atoms with Crippen LogP contribution in [0.4, 0.5) is 13.2 Å². The van der Waals surface area contributed by atoms with E-state index < -0.39 is 17.6 Å². The summed E-state index contributed by atoms with van der Waals surface area (Å²) in [6.45, 7) is 3.56. The van der Waals surface area contributed by atoms with E-state index in [-0.39, 0.29) is 23.5 Å². The molecular formula is C20H18F3N3O3. The molecule has 0 aliphatic carbocycles. The highest BCUT2D eigenvalue weighted by atomic mass is 19.4. The molecule has 0 radical (unpaired) electrons. The Morgan fingerprint density at radius 1 is 1.10 bits per heavy atom. The van der Waals surface area contributed by atoms with Crippen molar-refractivity contribution in [1.29, 1.82) is 0 Å². The van der Waals surface area contributed by atoms with Gasteiger partial charge in [0.05, 0.1) is 18.8 Å². The van der Waals surface area contributed by atoms with E-state index in [1.807, 2.05) is 0 Å². The quantitative estimate of drug-likeness (QED) is 0.628. The van der Waals surface area contributed by atoms with Crippen LogP contribution in [0.3, 0.4) is 0 Å². The van der Waals surface area contributed by atoms with E-state index in [2.05, 4.69) is 10.1 Å². The summed E-state index contributed by atoms with van der Waals surface area (Å²) in [6, 6.07) is 10.7. The second kappa shape index (κ2) is 7.94. The summed E-state index contributed by atoms with van der Waals surface area (Å²) in [6.07, 6.45) is -4.72. The lowest BCUT2D eigenvalue weighted by Crippen LogP contribution is -2.16. The standard InChI is InChI=1S/C20H18F3N3O3/c1-12(2)29-19-24-17(14-5-4-6-16(11-14)28-3)26(25-19)18(27)13-7-9-15(10-8-13)20(21,22)23/h4-12H,1-3H3. The molecule has 0 amide bonds. The maximum absolute atomic E-state index is 12.9. The maximum Gasteiger partial charge on any atom is 0.416 e. The third-order valence-corrected chi connectivity index (χ3v) is 3.91. The number of halogens is 3. The SMILES string of the molecule is COc1cccc(-c2nc(OC(C)C)nn2C(=O)c2ccc(C(F)(F)F)cc2)c1. The fourth-order valence-electron chi connectivity index (χ4n) is 2.57. The van der Waals surface area contributed by atoms with Crippen molar-refractivity contribution >= 4 is 5.91 Å². The van der Waals surface area contributed by atoms with Crippen molar-refractivity contribution in [3.63, 3.8) is 0 Å². The van der Waals surface area contributed by atoms with E-state index in [1.54, 1.807) is 38.1 Å². The van der Waals surface area contributed by atoms with Crippen LogP contribution in [-0.4, -0.2) is 33.9 Å². The Balaban J connectivity index is 2.04. The molecule has 1 aromatic heterocycles. The van der Waals surface area contributed by atoms with Crippen molar-refractivity contribution in [3.05, 3.63) is 59.7 Å². The Hall–Kier alpha value is -3.36. The number of hydrogen-bond donors (Lipinski definition) is 0. The maximum atomic E-state index is 12.9. The number of methoxy groups -OCH3 is 1. The van der Waals surface area contributed by atoms with Gasteiger partial charge in [0.2, 0.25) is 0 Å². The molecule has 0 N–H and O–H groups in total.